The fraction of sp³-hybridized carbons (Fsp3) is 0.148. The molecule has 172 valence electrons. The molecule has 7 nitrogen and oxygen atoms in total. The van der Waals surface area contributed by atoms with Gasteiger partial charge in [0, 0.05) is 17.4 Å². The monoisotopic (exact) mass is 454 g/mol. The molecule has 0 spiro atoms. The quantitative estimate of drug-likeness (QED) is 0.393. The standard InChI is InChI=1S/C27H26N4O3/c1-2-34-23-15-13-22(14-16-23)29-25(32)17-28-27(33)24-19-31(18-20-9-5-3-6-10-20)30-26(24)21-11-7-4-8-12-21/h3-16,19H,2,17-18H2,1H3,(H,28,33)(H,29,32). The largest absolute Gasteiger partial charge is 0.494 e. The molecule has 34 heavy (non-hydrogen) atoms. The normalized spacial score (nSPS) is 10.5. The smallest absolute Gasteiger partial charge is 0.255 e. The van der Waals surface area contributed by atoms with Crippen LogP contribution in [0, 0.1) is 0 Å². The fourth-order valence-corrected chi connectivity index (χ4v) is 3.51. The number of aromatic nitrogens is 2. The maximum absolute atomic E-state index is 13.0. The zero-order valence-corrected chi connectivity index (χ0v) is 18.9. The molecule has 0 atom stereocenters. The van der Waals surface area contributed by atoms with Crippen molar-refractivity contribution in [2.45, 2.75) is 13.5 Å². The minimum absolute atomic E-state index is 0.163. The summed E-state index contributed by atoms with van der Waals surface area (Å²) >= 11 is 0. The van der Waals surface area contributed by atoms with Gasteiger partial charge in [-0.1, -0.05) is 60.7 Å². The number of rotatable bonds is 9. The zero-order chi connectivity index (χ0) is 23.8. The predicted molar refractivity (Wildman–Crippen MR) is 132 cm³/mol. The summed E-state index contributed by atoms with van der Waals surface area (Å²) < 4.78 is 7.15. The lowest BCUT2D eigenvalue weighted by atomic mass is 10.1. The van der Waals surface area contributed by atoms with Crippen LogP contribution in [-0.2, 0) is 11.3 Å². The second-order valence-corrected chi connectivity index (χ2v) is 7.63. The van der Waals surface area contributed by atoms with Crippen LogP contribution in [0.25, 0.3) is 11.3 Å². The fourth-order valence-electron chi connectivity index (χ4n) is 3.51. The van der Waals surface area contributed by atoms with Gasteiger partial charge < -0.3 is 15.4 Å². The van der Waals surface area contributed by atoms with Crippen molar-refractivity contribution in [3.8, 4) is 17.0 Å². The van der Waals surface area contributed by atoms with Crippen LogP contribution in [0.4, 0.5) is 5.69 Å². The third-order valence-corrected chi connectivity index (χ3v) is 5.10. The van der Waals surface area contributed by atoms with Gasteiger partial charge in [0.05, 0.1) is 25.3 Å². The van der Waals surface area contributed by atoms with Crippen molar-refractivity contribution in [3.05, 3.63) is 102 Å². The van der Waals surface area contributed by atoms with E-state index in [1.807, 2.05) is 67.6 Å². The van der Waals surface area contributed by atoms with Gasteiger partial charge in [-0.25, -0.2) is 0 Å². The molecule has 2 amide bonds. The number of ether oxygens (including phenoxy) is 1. The molecular formula is C27H26N4O3. The summed E-state index contributed by atoms with van der Waals surface area (Å²) in [6.07, 6.45) is 1.72. The van der Waals surface area contributed by atoms with Gasteiger partial charge >= 0.3 is 0 Å². The Hall–Kier alpha value is -4.39. The van der Waals surface area contributed by atoms with E-state index < -0.39 is 0 Å². The van der Waals surface area contributed by atoms with Gasteiger partial charge in [-0.15, -0.1) is 0 Å². The minimum Gasteiger partial charge on any atom is -0.494 e. The molecule has 0 unspecified atom stereocenters. The molecule has 1 aromatic heterocycles. The molecular weight excluding hydrogens is 428 g/mol. The summed E-state index contributed by atoms with van der Waals surface area (Å²) in [7, 11) is 0. The summed E-state index contributed by atoms with van der Waals surface area (Å²) in [6.45, 7) is 2.86. The van der Waals surface area contributed by atoms with Crippen LogP contribution < -0.4 is 15.4 Å². The minimum atomic E-state index is -0.361. The van der Waals surface area contributed by atoms with E-state index in [9.17, 15) is 9.59 Å². The Morgan fingerprint density at radius 3 is 2.26 bits per heavy atom. The summed E-state index contributed by atoms with van der Waals surface area (Å²) in [5.41, 5.74) is 3.52. The highest BCUT2D eigenvalue weighted by Crippen LogP contribution is 2.22. The van der Waals surface area contributed by atoms with E-state index in [-0.39, 0.29) is 18.4 Å². The molecule has 0 fully saturated rings. The molecule has 4 rings (SSSR count). The van der Waals surface area contributed by atoms with Crippen molar-refractivity contribution in [1.82, 2.24) is 15.1 Å². The average Bonchev–Trinajstić information content (AvgIpc) is 3.29. The van der Waals surface area contributed by atoms with Crippen molar-refractivity contribution >= 4 is 17.5 Å². The lowest BCUT2D eigenvalue weighted by molar-refractivity contribution is -0.115. The summed E-state index contributed by atoms with van der Waals surface area (Å²) in [4.78, 5) is 25.4. The van der Waals surface area contributed by atoms with Crippen molar-refractivity contribution in [3.63, 3.8) is 0 Å². The SMILES string of the molecule is CCOc1ccc(NC(=O)CNC(=O)c2cn(Cc3ccccc3)nc2-c2ccccc2)cc1. The number of benzene rings is 3. The molecule has 0 aliphatic rings. The van der Waals surface area contributed by atoms with Crippen molar-refractivity contribution < 1.29 is 14.3 Å². The second-order valence-electron chi connectivity index (χ2n) is 7.63. The predicted octanol–water partition coefficient (Wildman–Crippen LogP) is 4.37. The van der Waals surface area contributed by atoms with Crippen molar-refractivity contribution in [1.29, 1.82) is 0 Å². The molecule has 0 bridgehead atoms. The van der Waals surface area contributed by atoms with Gasteiger partial charge in [0.2, 0.25) is 5.91 Å². The molecule has 4 aromatic rings. The average molecular weight is 455 g/mol. The first-order valence-electron chi connectivity index (χ1n) is 11.1. The molecule has 3 aromatic carbocycles. The number of hydrogen-bond donors (Lipinski definition) is 2. The highest BCUT2D eigenvalue weighted by molar-refractivity contribution is 6.02. The molecule has 7 heteroatoms. The van der Waals surface area contributed by atoms with Crippen LogP contribution in [0.1, 0.15) is 22.8 Å². The molecule has 1 heterocycles. The van der Waals surface area contributed by atoms with Crippen LogP contribution in [0.5, 0.6) is 5.75 Å². The van der Waals surface area contributed by atoms with Gasteiger partial charge in [-0.05, 0) is 36.8 Å². The highest BCUT2D eigenvalue weighted by Gasteiger charge is 2.19. The van der Waals surface area contributed by atoms with Crippen LogP contribution in [0.3, 0.4) is 0 Å². The first kappa shape index (κ1) is 22.8. The van der Waals surface area contributed by atoms with Gasteiger partial charge in [-0.2, -0.15) is 5.10 Å². The van der Waals surface area contributed by atoms with Crippen LogP contribution in [-0.4, -0.2) is 34.7 Å². The number of amides is 2. The van der Waals surface area contributed by atoms with Crippen LogP contribution in [0.15, 0.2) is 91.1 Å². The van der Waals surface area contributed by atoms with Crippen LogP contribution in [0.2, 0.25) is 0 Å². The summed E-state index contributed by atoms with van der Waals surface area (Å²) in [5.74, 6) is 0.0465. The van der Waals surface area contributed by atoms with E-state index >= 15 is 0 Å². The number of nitrogens with zero attached hydrogens (tertiary/aromatic N) is 2. The maximum Gasteiger partial charge on any atom is 0.255 e. The Kier molecular flexibility index (Phi) is 7.35. The second kappa shape index (κ2) is 11.0. The molecule has 0 saturated heterocycles. The number of carbonyl (C=O) groups is 2. The van der Waals surface area contributed by atoms with E-state index in [0.717, 1.165) is 16.9 Å². The van der Waals surface area contributed by atoms with E-state index in [2.05, 4.69) is 15.7 Å². The topological polar surface area (TPSA) is 85.3 Å². The van der Waals surface area contributed by atoms with Crippen molar-refractivity contribution in [2.75, 3.05) is 18.5 Å². The molecule has 0 aliphatic carbocycles. The summed E-state index contributed by atoms with van der Waals surface area (Å²) in [5, 5.41) is 10.1. The van der Waals surface area contributed by atoms with E-state index in [1.54, 1.807) is 35.1 Å². The van der Waals surface area contributed by atoms with Gasteiger partial charge in [-0.3, -0.25) is 14.3 Å². The van der Waals surface area contributed by atoms with Crippen molar-refractivity contribution in [2.24, 2.45) is 0 Å². The third kappa shape index (κ3) is 5.89. The number of anilines is 1. The van der Waals surface area contributed by atoms with Crippen LogP contribution >= 0.6 is 0 Å². The van der Waals surface area contributed by atoms with Gasteiger partial charge in [0.25, 0.3) is 5.91 Å². The lowest BCUT2D eigenvalue weighted by Gasteiger charge is -2.08. The van der Waals surface area contributed by atoms with Gasteiger partial charge in [0.15, 0.2) is 0 Å². The number of carbonyl (C=O) groups excluding carboxylic acids is 2. The molecule has 0 radical (unpaired) electrons. The molecule has 0 saturated carbocycles. The third-order valence-electron chi connectivity index (χ3n) is 5.10. The Labute approximate surface area is 198 Å². The Morgan fingerprint density at radius 1 is 0.912 bits per heavy atom. The summed E-state index contributed by atoms with van der Waals surface area (Å²) in [6, 6.07) is 26.5. The highest BCUT2D eigenvalue weighted by atomic mass is 16.5. The molecule has 2 N–H and O–H groups in total. The Bertz CT molecular complexity index is 1240. The number of nitrogens with one attached hydrogen (secondary N) is 2. The first-order chi connectivity index (χ1) is 16.6. The number of hydrogen-bond acceptors (Lipinski definition) is 4. The van der Waals surface area contributed by atoms with E-state index in [1.165, 1.54) is 0 Å². The lowest BCUT2D eigenvalue weighted by Crippen LogP contribution is -2.33. The first-order valence-corrected chi connectivity index (χ1v) is 11.1. The van der Waals surface area contributed by atoms with Gasteiger partial charge in [0.1, 0.15) is 11.4 Å². The Balaban J connectivity index is 1.45. The maximum atomic E-state index is 13.0. The van der Waals surface area contributed by atoms with E-state index in [0.29, 0.717) is 30.1 Å². The Morgan fingerprint density at radius 2 is 1.59 bits per heavy atom. The molecule has 0 aliphatic heterocycles. The van der Waals surface area contributed by atoms with E-state index in [4.69, 9.17) is 4.74 Å². The zero-order valence-electron chi connectivity index (χ0n) is 18.9.